The van der Waals surface area contributed by atoms with Crippen LogP contribution in [0.5, 0.6) is 0 Å². The fourth-order valence-corrected chi connectivity index (χ4v) is 62.4. The molecule has 0 aliphatic heterocycles. The van der Waals surface area contributed by atoms with E-state index in [1.165, 1.54) is 5.67 Å². The molecular formula is C21H55Si8Y+2. The van der Waals surface area contributed by atoms with Crippen LogP contribution in [0.2, 0.25) is 125 Å². The maximum absolute atomic E-state index is 4.39. The van der Waals surface area contributed by atoms with Gasteiger partial charge in [0, 0.05) is 58.7 Å². The van der Waals surface area contributed by atoms with Crippen molar-refractivity contribution in [1.82, 2.24) is 0 Å². The molecule has 0 unspecified atom stereocenters. The van der Waals surface area contributed by atoms with Gasteiger partial charge in [0.15, 0.2) is 0 Å². The molecule has 0 aliphatic carbocycles. The summed E-state index contributed by atoms with van der Waals surface area (Å²) < 4.78 is 0. The van der Waals surface area contributed by atoms with Crippen molar-refractivity contribution >= 4 is 67.5 Å². The van der Waals surface area contributed by atoms with Crippen molar-refractivity contribution in [2.24, 2.45) is 0 Å². The van der Waals surface area contributed by atoms with Gasteiger partial charge in [-0.25, -0.2) is 0 Å². The third kappa shape index (κ3) is 19.2. The van der Waals surface area contributed by atoms with Crippen LogP contribution in [-0.4, -0.2) is 67.5 Å². The van der Waals surface area contributed by atoms with Gasteiger partial charge in [-0.3, -0.25) is 0 Å². The number of hydrogen-bond acceptors (Lipinski definition) is 0. The monoisotopic (exact) mass is 620 g/mol. The van der Waals surface area contributed by atoms with Crippen LogP contribution in [0.25, 0.3) is 0 Å². The van der Waals surface area contributed by atoms with Crippen LogP contribution >= 0.6 is 0 Å². The van der Waals surface area contributed by atoms with E-state index in [1.807, 2.05) is 0 Å². The van der Waals surface area contributed by atoms with Gasteiger partial charge in [-0.15, -0.1) is 8.80 Å². The minimum atomic E-state index is -1.00. The second-order valence-corrected chi connectivity index (χ2v) is 49.8. The average Bonchev–Trinajstić information content (AvgIpc) is 2.27. The van der Waals surface area contributed by atoms with Crippen molar-refractivity contribution in [2.75, 3.05) is 0 Å². The molecule has 0 fully saturated rings. The van der Waals surface area contributed by atoms with E-state index in [2.05, 4.69) is 91.7 Å². The van der Waals surface area contributed by atoms with Gasteiger partial charge >= 0.3 is 32.7 Å². The molecule has 0 rings (SSSR count). The van der Waals surface area contributed by atoms with Crippen molar-refractivity contribution in [2.45, 2.75) is 125 Å². The van der Waals surface area contributed by atoms with E-state index in [1.54, 1.807) is 34.0 Å². The van der Waals surface area contributed by atoms with E-state index in [4.69, 9.17) is 0 Å². The molecule has 0 amide bonds. The predicted octanol–water partition coefficient (Wildman–Crippen LogP) is 8.09. The normalized spacial score (nSPS) is 14.2. The Labute approximate surface area is 229 Å². The third-order valence-electron chi connectivity index (χ3n) is 5.51. The zero-order valence-corrected chi connectivity index (χ0v) is 34.1. The van der Waals surface area contributed by atoms with Gasteiger partial charge in [-0.1, -0.05) is 125 Å². The number of hydrogen-bond donors (Lipinski definition) is 0. The summed E-state index contributed by atoms with van der Waals surface area (Å²) in [5, 5.41) is 0. The topological polar surface area (TPSA) is 0 Å². The molecule has 0 saturated carbocycles. The standard InChI is InChI=1S/C21H55Si8.Y/c1-22(2)15-27(9,10)18-24(4)19-29(13,14)21-25(5)20-28(11,12)17-23(3)16-26(6,7)8;/h1,15-21H2,2-14H3;/q-1;+3. The van der Waals surface area contributed by atoms with E-state index in [0.29, 0.717) is 0 Å². The molecule has 0 bridgehead atoms. The minimum absolute atomic E-state index is 0. The first kappa shape index (κ1) is 35.0. The Bertz CT molecular complexity index is 474. The average molecular weight is 621 g/mol. The van der Waals surface area contributed by atoms with Crippen LogP contribution in [-0.2, 0) is 32.7 Å². The molecule has 0 N–H and O–H groups in total. The second kappa shape index (κ2) is 14.4. The molecule has 0 heterocycles. The maximum atomic E-state index is 4.39. The molecule has 0 atom stereocenters. The van der Waals surface area contributed by atoms with E-state index < -0.39 is 32.3 Å². The van der Waals surface area contributed by atoms with Crippen molar-refractivity contribution in [3.05, 3.63) is 6.55 Å². The largest absolute Gasteiger partial charge is 3.00 e. The Kier molecular flexibility index (Phi) is 16.8. The first-order chi connectivity index (χ1) is 12.7. The zero-order chi connectivity index (χ0) is 23.3. The second-order valence-electron chi connectivity index (χ2n) is 14.1. The van der Waals surface area contributed by atoms with E-state index >= 15 is 0 Å². The van der Waals surface area contributed by atoms with Crippen LogP contribution in [0.1, 0.15) is 0 Å². The van der Waals surface area contributed by atoms with Gasteiger partial charge in [0.05, 0.1) is 0 Å². The molecule has 30 heavy (non-hydrogen) atoms. The molecule has 0 aromatic heterocycles. The molecule has 4 radical (unpaired) electrons. The molecule has 172 valence electrons. The van der Waals surface area contributed by atoms with E-state index in [-0.39, 0.29) is 67.9 Å². The van der Waals surface area contributed by atoms with E-state index in [0.717, 1.165) is 0 Å². The molecule has 0 saturated heterocycles. The van der Waals surface area contributed by atoms with Gasteiger partial charge in [0.2, 0.25) is 0 Å². The van der Waals surface area contributed by atoms with Crippen LogP contribution in [0.15, 0.2) is 0 Å². The zero-order valence-electron chi connectivity index (χ0n) is 23.2. The van der Waals surface area contributed by atoms with Crippen molar-refractivity contribution in [3.8, 4) is 0 Å². The minimum Gasteiger partial charge on any atom is -0.346 e. The molecule has 0 nitrogen and oxygen atoms in total. The van der Waals surface area contributed by atoms with Crippen molar-refractivity contribution in [3.63, 3.8) is 0 Å². The SMILES string of the molecule is [CH2-][Si](C)C[Si](C)(C)C[Si](C)C[Si](C)(C)C[Si](C)C[Si](C)(C)C[Si](C)C[Si](C)(C)C.[Y+3]. The Hall–Kier alpha value is 2.84. The fourth-order valence-electron chi connectivity index (χ4n) is 6.18. The molecule has 0 aromatic carbocycles. The van der Waals surface area contributed by atoms with Crippen molar-refractivity contribution < 1.29 is 32.7 Å². The first-order valence-electron chi connectivity index (χ1n) is 11.8. The summed E-state index contributed by atoms with van der Waals surface area (Å²) in [5.41, 5.74) is 11.6. The summed E-state index contributed by atoms with van der Waals surface area (Å²) in [7, 11) is -4.44. The summed E-state index contributed by atoms with van der Waals surface area (Å²) in [5.74, 6) is 0. The van der Waals surface area contributed by atoms with Gasteiger partial charge in [0.25, 0.3) is 0 Å². The molecular weight excluding hydrogens is 566 g/mol. The summed E-state index contributed by atoms with van der Waals surface area (Å²) in [6.45, 7) is 38.9. The Morgan fingerprint density at radius 1 is 0.467 bits per heavy atom. The number of rotatable bonds is 14. The van der Waals surface area contributed by atoms with Gasteiger partial charge in [-0.05, 0) is 0 Å². The molecule has 9 heteroatoms. The van der Waals surface area contributed by atoms with Crippen LogP contribution in [0.3, 0.4) is 0 Å². The maximum Gasteiger partial charge on any atom is 3.00 e. The fraction of sp³-hybridized carbons (Fsp3) is 0.952. The van der Waals surface area contributed by atoms with Gasteiger partial charge in [-0.2, -0.15) is 0 Å². The Morgan fingerprint density at radius 3 is 0.933 bits per heavy atom. The molecule has 0 aliphatic rings. The molecule has 0 spiro atoms. The van der Waals surface area contributed by atoms with Gasteiger partial charge in [0.1, 0.15) is 0 Å². The molecule has 0 aromatic rings. The van der Waals surface area contributed by atoms with Gasteiger partial charge < -0.3 is 6.55 Å². The first-order valence-corrected chi connectivity index (χ1v) is 35.4. The summed E-state index contributed by atoms with van der Waals surface area (Å²) in [4.78, 5) is 0. The summed E-state index contributed by atoms with van der Waals surface area (Å²) in [6, 6.07) is 0. The van der Waals surface area contributed by atoms with Crippen LogP contribution in [0, 0.1) is 6.55 Å². The van der Waals surface area contributed by atoms with Crippen LogP contribution < -0.4 is 0 Å². The third-order valence-corrected chi connectivity index (χ3v) is 49.6. The predicted molar refractivity (Wildman–Crippen MR) is 161 cm³/mol. The Balaban J connectivity index is 0. The van der Waals surface area contributed by atoms with E-state index in [9.17, 15) is 0 Å². The quantitative estimate of drug-likeness (QED) is 0.136. The Morgan fingerprint density at radius 2 is 0.700 bits per heavy atom. The van der Waals surface area contributed by atoms with Crippen LogP contribution in [0.4, 0.5) is 0 Å². The smallest absolute Gasteiger partial charge is 0.346 e. The summed E-state index contributed by atoms with van der Waals surface area (Å²) in [6.07, 6.45) is 0. The summed E-state index contributed by atoms with van der Waals surface area (Å²) >= 11 is 0. The van der Waals surface area contributed by atoms with Crippen molar-refractivity contribution in [1.29, 1.82) is 0 Å².